The molecule has 0 saturated heterocycles. The smallest absolute Gasteiger partial charge is 0.405 e. The minimum atomic E-state index is -0.704. The molecule has 0 aromatic heterocycles. The van der Waals surface area contributed by atoms with Gasteiger partial charge in [-0.25, -0.2) is 4.79 Å². The Bertz CT molecular complexity index is 180. The van der Waals surface area contributed by atoms with Crippen molar-refractivity contribution in [3.63, 3.8) is 0 Å². The predicted molar refractivity (Wildman–Crippen MR) is 65.1 cm³/mol. The number of alkyl halides is 2. The van der Waals surface area contributed by atoms with Gasteiger partial charge in [-0.15, -0.1) is 0 Å². The van der Waals surface area contributed by atoms with Gasteiger partial charge in [-0.05, 0) is 32.6 Å². The van der Waals surface area contributed by atoms with E-state index in [9.17, 15) is 4.79 Å². The number of halogens is 2. The fourth-order valence-corrected chi connectivity index (χ4v) is 2.55. The minimum absolute atomic E-state index is 0.314. The number of ether oxygens (including phenoxy) is 1. The topological polar surface area (TPSA) is 52.3 Å². The van der Waals surface area contributed by atoms with Gasteiger partial charge in [0.25, 0.3) is 0 Å². The molecule has 0 radical (unpaired) electrons. The van der Waals surface area contributed by atoms with Gasteiger partial charge >= 0.3 is 6.09 Å². The summed E-state index contributed by atoms with van der Waals surface area (Å²) >= 11 is 6.78. The third-order valence-electron chi connectivity index (χ3n) is 2.26. The van der Waals surface area contributed by atoms with Crippen molar-refractivity contribution in [2.45, 2.75) is 32.3 Å². The third-order valence-corrected chi connectivity index (χ3v) is 3.18. The summed E-state index contributed by atoms with van der Waals surface area (Å²) in [6, 6.07) is 0. The van der Waals surface area contributed by atoms with Crippen LogP contribution in [-0.2, 0) is 4.74 Å². The lowest BCUT2D eigenvalue weighted by molar-refractivity contribution is -0.00310. The highest BCUT2D eigenvalue weighted by molar-refractivity contribution is 9.09. The van der Waals surface area contributed by atoms with Crippen molar-refractivity contribution in [1.29, 1.82) is 0 Å². The van der Waals surface area contributed by atoms with E-state index in [2.05, 4.69) is 31.9 Å². The number of primary amides is 1. The largest absolute Gasteiger partial charge is 0.443 e. The second-order valence-electron chi connectivity index (χ2n) is 3.68. The van der Waals surface area contributed by atoms with E-state index in [1.54, 1.807) is 0 Å². The lowest BCUT2D eigenvalue weighted by atomic mass is 9.86. The molecule has 0 rings (SSSR count). The average molecular weight is 331 g/mol. The molecule has 5 heteroatoms. The van der Waals surface area contributed by atoms with Crippen molar-refractivity contribution < 1.29 is 9.53 Å². The highest BCUT2D eigenvalue weighted by Gasteiger charge is 2.31. The molecule has 0 aromatic rings. The van der Waals surface area contributed by atoms with Crippen LogP contribution in [0.4, 0.5) is 4.79 Å². The number of amides is 1. The van der Waals surface area contributed by atoms with E-state index < -0.39 is 11.7 Å². The Labute approximate surface area is 102 Å². The fraction of sp³-hybridized carbons (Fsp3) is 0.889. The van der Waals surface area contributed by atoms with Crippen molar-refractivity contribution in [3.8, 4) is 0 Å². The minimum Gasteiger partial charge on any atom is -0.443 e. The Morgan fingerprint density at radius 1 is 1.36 bits per heavy atom. The Morgan fingerprint density at radius 2 is 1.79 bits per heavy atom. The number of hydrogen-bond donors (Lipinski definition) is 1. The Balaban J connectivity index is 4.35. The van der Waals surface area contributed by atoms with Crippen LogP contribution in [0.3, 0.4) is 0 Å². The van der Waals surface area contributed by atoms with Crippen molar-refractivity contribution >= 4 is 38.0 Å². The highest BCUT2D eigenvalue weighted by atomic mass is 79.9. The maximum absolute atomic E-state index is 10.7. The molecule has 3 nitrogen and oxygen atoms in total. The molecule has 0 aliphatic heterocycles. The van der Waals surface area contributed by atoms with Crippen LogP contribution in [0.25, 0.3) is 0 Å². The first kappa shape index (κ1) is 14.2. The summed E-state index contributed by atoms with van der Waals surface area (Å²) in [7, 11) is 0. The number of carbonyl (C=O) groups is 1. The molecule has 0 spiro atoms. The van der Waals surface area contributed by atoms with Gasteiger partial charge in [0.2, 0.25) is 0 Å². The second-order valence-corrected chi connectivity index (χ2v) is 5.26. The highest BCUT2D eigenvalue weighted by Crippen LogP contribution is 2.28. The molecular weight excluding hydrogens is 314 g/mol. The van der Waals surface area contributed by atoms with E-state index in [1.807, 2.05) is 13.8 Å². The molecule has 0 atom stereocenters. The molecule has 0 heterocycles. The van der Waals surface area contributed by atoms with Gasteiger partial charge in [-0.1, -0.05) is 31.9 Å². The zero-order valence-corrected chi connectivity index (χ0v) is 11.7. The van der Waals surface area contributed by atoms with Crippen LogP contribution in [0.2, 0.25) is 0 Å². The SMILES string of the molecule is CC(C)(OC(N)=O)C(CCBr)CCBr. The Hall–Kier alpha value is 0.230. The Morgan fingerprint density at radius 3 is 2.07 bits per heavy atom. The van der Waals surface area contributed by atoms with E-state index >= 15 is 0 Å². The zero-order chi connectivity index (χ0) is 11.2. The van der Waals surface area contributed by atoms with Crippen LogP contribution < -0.4 is 5.73 Å². The number of hydrogen-bond acceptors (Lipinski definition) is 2. The van der Waals surface area contributed by atoms with Crippen LogP contribution in [0.5, 0.6) is 0 Å². The summed E-state index contributed by atoms with van der Waals surface area (Å²) < 4.78 is 5.10. The summed E-state index contributed by atoms with van der Waals surface area (Å²) in [4.78, 5) is 10.7. The second kappa shape index (κ2) is 6.67. The van der Waals surface area contributed by atoms with Gasteiger partial charge in [0.05, 0.1) is 0 Å². The molecule has 1 amide bonds. The molecule has 0 unspecified atom stereocenters. The summed E-state index contributed by atoms with van der Waals surface area (Å²) in [5.41, 5.74) is 4.53. The quantitative estimate of drug-likeness (QED) is 0.761. The Kier molecular flexibility index (Phi) is 6.78. The van der Waals surface area contributed by atoms with Gasteiger partial charge < -0.3 is 10.5 Å². The van der Waals surface area contributed by atoms with E-state index in [1.165, 1.54) is 0 Å². The van der Waals surface area contributed by atoms with E-state index in [4.69, 9.17) is 10.5 Å². The summed E-state index contributed by atoms with van der Waals surface area (Å²) in [6.07, 6.45) is 1.22. The zero-order valence-electron chi connectivity index (χ0n) is 8.56. The molecule has 0 fully saturated rings. The van der Waals surface area contributed by atoms with Gasteiger partial charge in [-0.3, -0.25) is 0 Å². The van der Waals surface area contributed by atoms with Gasteiger partial charge in [0, 0.05) is 10.7 Å². The molecule has 0 aliphatic carbocycles. The molecular formula is C9H17Br2NO2. The van der Waals surface area contributed by atoms with Crippen LogP contribution in [-0.4, -0.2) is 22.4 Å². The summed E-state index contributed by atoms with van der Waals surface area (Å²) in [6.45, 7) is 3.79. The van der Waals surface area contributed by atoms with Crippen LogP contribution >= 0.6 is 31.9 Å². The molecule has 0 saturated carbocycles. The fourth-order valence-electron chi connectivity index (χ4n) is 1.45. The van der Waals surface area contributed by atoms with Crippen molar-refractivity contribution in [3.05, 3.63) is 0 Å². The summed E-state index contributed by atoms with van der Waals surface area (Å²) in [5.74, 6) is 0.314. The first-order valence-electron chi connectivity index (χ1n) is 4.54. The lowest BCUT2D eigenvalue weighted by Crippen LogP contribution is -2.39. The molecule has 84 valence electrons. The molecule has 0 aromatic carbocycles. The molecule has 2 N–H and O–H groups in total. The van der Waals surface area contributed by atoms with Crippen LogP contribution in [0.15, 0.2) is 0 Å². The normalized spacial score (nSPS) is 11.8. The molecule has 14 heavy (non-hydrogen) atoms. The van der Waals surface area contributed by atoms with Gasteiger partial charge in [0.15, 0.2) is 0 Å². The number of carbonyl (C=O) groups excluding carboxylic acids is 1. The van der Waals surface area contributed by atoms with E-state index in [0.29, 0.717) is 5.92 Å². The first-order valence-corrected chi connectivity index (χ1v) is 6.78. The maximum Gasteiger partial charge on any atom is 0.405 e. The maximum atomic E-state index is 10.7. The van der Waals surface area contributed by atoms with Crippen LogP contribution in [0.1, 0.15) is 26.7 Å². The van der Waals surface area contributed by atoms with E-state index in [0.717, 1.165) is 23.5 Å². The van der Waals surface area contributed by atoms with Crippen molar-refractivity contribution in [2.75, 3.05) is 10.7 Å². The van der Waals surface area contributed by atoms with Gasteiger partial charge in [-0.2, -0.15) is 0 Å². The van der Waals surface area contributed by atoms with Crippen molar-refractivity contribution in [2.24, 2.45) is 11.7 Å². The predicted octanol–water partition coefficient (Wildman–Crippen LogP) is 3.05. The molecule has 0 bridgehead atoms. The van der Waals surface area contributed by atoms with Gasteiger partial charge in [0.1, 0.15) is 5.60 Å². The number of rotatable bonds is 6. The summed E-state index contributed by atoms with van der Waals surface area (Å²) in [5, 5.41) is 1.80. The molecule has 0 aliphatic rings. The van der Waals surface area contributed by atoms with Crippen LogP contribution in [0, 0.1) is 5.92 Å². The standard InChI is InChI=1S/C9H17Br2NO2/c1-9(2,14-8(12)13)7(3-5-10)4-6-11/h7H,3-6H2,1-2H3,(H2,12,13). The third kappa shape index (κ3) is 5.20. The average Bonchev–Trinajstić information content (AvgIpc) is 2.01. The van der Waals surface area contributed by atoms with E-state index in [-0.39, 0.29) is 0 Å². The first-order chi connectivity index (χ1) is 6.44. The monoisotopic (exact) mass is 329 g/mol. The van der Waals surface area contributed by atoms with Crippen molar-refractivity contribution in [1.82, 2.24) is 0 Å². The number of nitrogens with two attached hydrogens (primary N) is 1. The lowest BCUT2D eigenvalue weighted by Gasteiger charge is -2.32.